The van der Waals surface area contributed by atoms with E-state index >= 15 is 0 Å². The molecule has 1 aliphatic heterocycles. The maximum Gasteiger partial charge on any atom is 0.290 e. The Kier molecular flexibility index (Phi) is 4.99. The molecular weight excluding hydrogens is 371 g/mol. The lowest BCUT2D eigenvalue weighted by Crippen LogP contribution is -2.30. The van der Waals surface area contributed by atoms with E-state index in [9.17, 15) is 14.3 Å². The number of methoxy groups -OCH3 is 1. The minimum atomic E-state index is -0.766. The van der Waals surface area contributed by atoms with Crippen LogP contribution >= 0.6 is 0 Å². The van der Waals surface area contributed by atoms with Crippen LogP contribution in [0.25, 0.3) is 5.57 Å². The Morgan fingerprint density at radius 1 is 1.10 bits per heavy atom. The average molecular weight is 390 g/mol. The highest BCUT2D eigenvalue weighted by atomic mass is 19.1. The van der Waals surface area contributed by atoms with Crippen molar-refractivity contribution < 1.29 is 19.0 Å². The Labute approximate surface area is 167 Å². The summed E-state index contributed by atoms with van der Waals surface area (Å²) in [5.74, 6) is -0.727. The molecule has 0 bridgehead atoms. The molecule has 6 heteroatoms. The van der Waals surface area contributed by atoms with Crippen LogP contribution in [-0.4, -0.2) is 28.0 Å². The van der Waals surface area contributed by atoms with Gasteiger partial charge in [0.25, 0.3) is 5.91 Å². The number of benzene rings is 2. The number of hydrogen-bond acceptors (Lipinski definition) is 4. The van der Waals surface area contributed by atoms with Crippen LogP contribution in [0, 0.1) is 5.82 Å². The molecule has 0 aliphatic carbocycles. The topological polar surface area (TPSA) is 62.7 Å². The molecule has 1 aliphatic rings. The standard InChI is InChI=1S/C23H19FN2O3/c1-29-17-10-8-16(9-11-17)20-21(18-6-2-3-7-19(18)24)26(23(28)22(20)27)14-15-5-4-12-25-13-15/h2-13,21,27H,14H2,1H3. The van der Waals surface area contributed by atoms with Crippen molar-refractivity contribution >= 4 is 11.5 Å². The number of rotatable bonds is 5. The molecule has 5 nitrogen and oxygen atoms in total. The molecule has 0 radical (unpaired) electrons. The highest BCUT2D eigenvalue weighted by Crippen LogP contribution is 2.44. The van der Waals surface area contributed by atoms with Gasteiger partial charge in [-0.05, 0) is 35.4 Å². The smallest absolute Gasteiger partial charge is 0.290 e. The summed E-state index contributed by atoms with van der Waals surface area (Å²) in [5, 5.41) is 10.7. The zero-order chi connectivity index (χ0) is 20.4. The van der Waals surface area contributed by atoms with Crippen molar-refractivity contribution in [1.82, 2.24) is 9.88 Å². The molecule has 4 rings (SSSR count). The van der Waals surface area contributed by atoms with Gasteiger partial charge in [0.1, 0.15) is 11.6 Å². The zero-order valence-corrected chi connectivity index (χ0v) is 15.7. The molecule has 1 N–H and O–H groups in total. The number of carbonyl (C=O) groups is 1. The molecule has 1 amide bonds. The Hall–Kier alpha value is -3.67. The average Bonchev–Trinajstić information content (AvgIpc) is 3.00. The summed E-state index contributed by atoms with van der Waals surface area (Å²) in [6, 6.07) is 16.1. The highest BCUT2D eigenvalue weighted by molar-refractivity contribution is 6.05. The van der Waals surface area contributed by atoms with Gasteiger partial charge in [-0.3, -0.25) is 9.78 Å². The summed E-state index contributed by atoms with van der Waals surface area (Å²) in [7, 11) is 1.56. The van der Waals surface area contributed by atoms with Crippen molar-refractivity contribution in [2.75, 3.05) is 7.11 Å². The van der Waals surface area contributed by atoms with Gasteiger partial charge in [-0.1, -0.05) is 36.4 Å². The van der Waals surface area contributed by atoms with Crippen LogP contribution in [0.4, 0.5) is 4.39 Å². The van der Waals surface area contributed by atoms with Gasteiger partial charge < -0.3 is 14.7 Å². The molecule has 1 aromatic heterocycles. The Bertz CT molecular complexity index is 1060. The van der Waals surface area contributed by atoms with E-state index in [1.807, 2.05) is 6.07 Å². The summed E-state index contributed by atoms with van der Waals surface area (Å²) in [5.41, 5.74) is 2.09. The second kappa shape index (κ2) is 7.75. The van der Waals surface area contributed by atoms with E-state index in [-0.39, 0.29) is 12.3 Å². The number of nitrogens with zero attached hydrogens (tertiary/aromatic N) is 2. The summed E-state index contributed by atoms with van der Waals surface area (Å²) in [6.07, 6.45) is 3.29. The van der Waals surface area contributed by atoms with Crippen molar-refractivity contribution in [3.8, 4) is 5.75 Å². The van der Waals surface area contributed by atoms with Crippen LogP contribution in [-0.2, 0) is 11.3 Å². The largest absolute Gasteiger partial charge is 0.503 e. The maximum atomic E-state index is 14.7. The lowest BCUT2D eigenvalue weighted by Gasteiger charge is -2.27. The van der Waals surface area contributed by atoms with Gasteiger partial charge in [-0.25, -0.2) is 4.39 Å². The van der Waals surface area contributed by atoms with Gasteiger partial charge in [0, 0.05) is 30.1 Å². The first-order chi connectivity index (χ1) is 14.1. The molecule has 146 valence electrons. The first-order valence-corrected chi connectivity index (χ1v) is 9.12. The number of aromatic nitrogens is 1. The first-order valence-electron chi connectivity index (χ1n) is 9.12. The second-order valence-electron chi connectivity index (χ2n) is 6.71. The summed E-state index contributed by atoms with van der Waals surface area (Å²) < 4.78 is 19.9. The molecule has 0 fully saturated rings. The molecule has 0 saturated carbocycles. The molecule has 29 heavy (non-hydrogen) atoms. The number of amides is 1. The molecule has 2 aromatic carbocycles. The fourth-order valence-corrected chi connectivity index (χ4v) is 3.59. The Morgan fingerprint density at radius 3 is 2.52 bits per heavy atom. The first kappa shape index (κ1) is 18.7. The van der Waals surface area contributed by atoms with Gasteiger partial charge in [0.05, 0.1) is 13.2 Å². The van der Waals surface area contributed by atoms with Crippen LogP contribution in [0.2, 0.25) is 0 Å². The molecule has 1 unspecified atom stereocenters. The minimum absolute atomic E-state index is 0.190. The van der Waals surface area contributed by atoms with E-state index in [4.69, 9.17) is 4.74 Å². The van der Waals surface area contributed by atoms with Crippen molar-refractivity contribution in [3.63, 3.8) is 0 Å². The number of halogens is 1. The highest BCUT2D eigenvalue weighted by Gasteiger charge is 2.42. The number of aliphatic hydroxyl groups excluding tert-OH is 1. The Balaban J connectivity index is 1.83. The van der Waals surface area contributed by atoms with Crippen LogP contribution in [0.3, 0.4) is 0 Å². The number of ether oxygens (including phenoxy) is 1. The predicted octanol–water partition coefficient (Wildman–Crippen LogP) is 4.28. The van der Waals surface area contributed by atoms with E-state index in [1.54, 1.807) is 68.0 Å². The van der Waals surface area contributed by atoms with Crippen molar-refractivity contribution in [1.29, 1.82) is 0 Å². The lowest BCUT2D eigenvalue weighted by atomic mass is 9.93. The van der Waals surface area contributed by atoms with Crippen LogP contribution in [0.15, 0.2) is 78.8 Å². The van der Waals surface area contributed by atoms with E-state index in [0.717, 1.165) is 5.56 Å². The van der Waals surface area contributed by atoms with Gasteiger partial charge in [-0.2, -0.15) is 0 Å². The van der Waals surface area contributed by atoms with Crippen LogP contribution < -0.4 is 4.74 Å². The summed E-state index contributed by atoms with van der Waals surface area (Å²) >= 11 is 0. The summed E-state index contributed by atoms with van der Waals surface area (Å²) in [4.78, 5) is 18.5. The quantitative estimate of drug-likeness (QED) is 0.706. The second-order valence-corrected chi connectivity index (χ2v) is 6.71. The van der Waals surface area contributed by atoms with Gasteiger partial charge in [-0.15, -0.1) is 0 Å². The summed E-state index contributed by atoms with van der Waals surface area (Å²) in [6.45, 7) is 0.190. The third-order valence-corrected chi connectivity index (χ3v) is 4.98. The SMILES string of the molecule is COc1ccc(C2=C(O)C(=O)N(Cc3cccnc3)C2c2ccccc2F)cc1. The van der Waals surface area contributed by atoms with E-state index in [0.29, 0.717) is 22.4 Å². The van der Waals surface area contributed by atoms with E-state index in [2.05, 4.69) is 4.98 Å². The Morgan fingerprint density at radius 2 is 1.86 bits per heavy atom. The predicted molar refractivity (Wildman–Crippen MR) is 106 cm³/mol. The third-order valence-electron chi connectivity index (χ3n) is 4.98. The van der Waals surface area contributed by atoms with Crippen molar-refractivity contribution in [3.05, 3.63) is 101 Å². The minimum Gasteiger partial charge on any atom is -0.503 e. The van der Waals surface area contributed by atoms with Crippen molar-refractivity contribution in [2.45, 2.75) is 12.6 Å². The van der Waals surface area contributed by atoms with E-state index < -0.39 is 17.8 Å². The maximum absolute atomic E-state index is 14.7. The van der Waals surface area contributed by atoms with Crippen LogP contribution in [0.5, 0.6) is 5.75 Å². The monoisotopic (exact) mass is 390 g/mol. The molecule has 2 heterocycles. The fraction of sp³-hybridized carbons (Fsp3) is 0.130. The molecular formula is C23H19FN2O3. The molecule has 1 atom stereocenters. The van der Waals surface area contributed by atoms with Gasteiger partial charge in [0.2, 0.25) is 0 Å². The van der Waals surface area contributed by atoms with Crippen molar-refractivity contribution in [2.24, 2.45) is 0 Å². The van der Waals surface area contributed by atoms with Gasteiger partial charge >= 0.3 is 0 Å². The molecule has 0 spiro atoms. The number of carbonyl (C=O) groups excluding carboxylic acids is 1. The number of aliphatic hydroxyl groups is 1. The molecule has 0 saturated heterocycles. The lowest BCUT2D eigenvalue weighted by molar-refractivity contribution is -0.130. The fourth-order valence-electron chi connectivity index (χ4n) is 3.59. The van der Waals surface area contributed by atoms with E-state index in [1.165, 1.54) is 11.0 Å². The van der Waals surface area contributed by atoms with Gasteiger partial charge in [0.15, 0.2) is 5.76 Å². The number of hydrogen-bond donors (Lipinski definition) is 1. The molecule has 3 aromatic rings. The normalized spacial score (nSPS) is 16.4. The number of pyridine rings is 1. The zero-order valence-electron chi connectivity index (χ0n) is 15.7. The third kappa shape index (κ3) is 3.45. The van der Waals surface area contributed by atoms with Crippen LogP contribution in [0.1, 0.15) is 22.7 Å².